The van der Waals surface area contributed by atoms with E-state index < -0.39 is 5.60 Å². The van der Waals surface area contributed by atoms with Crippen molar-refractivity contribution in [1.82, 2.24) is 4.90 Å². The van der Waals surface area contributed by atoms with Gasteiger partial charge in [0.15, 0.2) is 0 Å². The highest BCUT2D eigenvalue weighted by Gasteiger charge is 2.39. The number of likely N-dealkylation sites (tertiary alicyclic amines) is 1. The summed E-state index contributed by atoms with van der Waals surface area (Å²) in [6, 6.07) is 4.93. The molecule has 4 heteroatoms. The van der Waals surface area contributed by atoms with Crippen LogP contribution >= 0.6 is 11.6 Å². The van der Waals surface area contributed by atoms with Gasteiger partial charge in [0.2, 0.25) is 0 Å². The van der Waals surface area contributed by atoms with Gasteiger partial charge in [0.25, 0.3) is 0 Å². The molecule has 0 bridgehead atoms. The van der Waals surface area contributed by atoms with Crippen LogP contribution in [0.4, 0.5) is 4.39 Å². The molecule has 2 unspecified atom stereocenters. The molecule has 1 saturated heterocycles. The molecule has 2 atom stereocenters. The maximum absolute atomic E-state index is 13.7. The van der Waals surface area contributed by atoms with Gasteiger partial charge in [0.05, 0.1) is 5.60 Å². The summed E-state index contributed by atoms with van der Waals surface area (Å²) < 4.78 is 13.7. The minimum atomic E-state index is -0.831. The van der Waals surface area contributed by atoms with Gasteiger partial charge in [-0.05, 0) is 38.1 Å². The van der Waals surface area contributed by atoms with E-state index in [2.05, 4.69) is 11.8 Å². The summed E-state index contributed by atoms with van der Waals surface area (Å²) in [5.41, 5.74) is -0.303. The van der Waals surface area contributed by atoms with Crippen LogP contribution in [0.3, 0.4) is 0 Å². The van der Waals surface area contributed by atoms with Gasteiger partial charge in [-0.3, -0.25) is 0 Å². The maximum Gasteiger partial charge on any atom is 0.127 e. The molecule has 1 fully saturated rings. The Kier molecular flexibility index (Phi) is 3.43. The fourth-order valence-corrected chi connectivity index (χ4v) is 2.70. The second-order valence-corrected chi connectivity index (χ2v) is 5.54. The number of aliphatic hydroxyl groups is 1. The Morgan fingerprint density at radius 1 is 1.59 bits per heavy atom. The fraction of sp³-hybridized carbons (Fsp3) is 0.538. The van der Waals surface area contributed by atoms with Crippen LogP contribution in [-0.2, 0) is 6.42 Å². The topological polar surface area (TPSA) is 23.5 Å². The van der Waals surface area contributed by atoms with Crippen LogP contribution in [0.15, 0.2) is 18.2 Å². The van der Waals surface area contributed by atoms with Gasteiger partial charge in [-0.1, -0.05) is 17.7 Å². The summed E-state index contributed by atoms with van der Waals surface area (Å²) in [6.07, 6.45) is 1.01. The number of β-amino-alcohol motifs (C(OH)–C–C–N with tert-alkyl or cyclic N) is 1. The summed E-state index contributed by atoms with van der Waals surface area (Å²) in [7, 11) is 1.97. The minimum absolute atomic E-state index is 0.329. The van der Waals surface area contributed by atoms with Crippen LogP contribution in [0.25, 0.3) is 0 Å². The molecule has 1 aromatic rings. The van der Waals surface area contributed by atoms with Gasteiger partial charge in [-0.2, -0.15) is 0 Å². The summed E-state index contributed by atoms with van der Waals surface area (Å²) in [6.45, 7) is 2.65. The van der Waals surface area contributed by atoms with Crippen molar-refractivity contribution in [3.05, 3.63) is 34.6 Å². The Bertz CT molecular complexity index is 414. The normalized spacial score (nSPS) is 29.8. The van der Waals surface area contributed by atoms with Gasteiger partial charge in [-0.15, -0.1) is 0 Å². The second kappa shape index (κ2) is 4.56. The molecule has 1 aromatic carbocycles. The zero-order chi connectivity index (χ0) is 12.6. The Hall–Kier alpha value is -0.640. The van der Waals surface area contributed by atoms with Gasteiger partial charge < -0.3 is 10.0 Å². The summed E-state index contributed by atoms with van der Waals surface area (Å²) in [5, 5.41) is 10.8. The Balaban J connectivity index is 2.16. The van der Waals surface area contributed by atoms with Crippen LogP contribution in [0, 0.1) is 5.82 Å². The van der Waals surface area contributed by atoms with Crippen molar-refractivity contribution in [1.29, 1.82) is 0 Å². The average molecular weight is 258 g/mol. The lowest BCUT2D eigenvalue weighted by Gasteiger charge is -2.22. The predicted octanol–water partition coefficient (Wildman–Crippen LogP) is 2.48. The van der Waals surface area contributed by atoms with E-state index >= 15 is 0 Å². The number of nitrogens with zero attached hydrogens (tertiary/aromatic N) is 1. The van der Waals surface area contributed by atoms with E-state index in [1.807, 2.05) is 7.05 Å². The van der Waals surface area contributed by atoms with Crippen molar-refractivity contribution in [2.75, 3.05) is 13.6 Å². The SMILES string of the molecule is CC1CC(O)(Cc2ccc(Cl)cc2F)CN1C. The molecule has 1 aliphatic rings. The molecule has 0 saturated carbocycles. The van der Waals surface area contributed by atoms with Crippen molar-refractivity contribution in [2.45, 2.75) is 31.4 Å². The molecule has 0 aromatic heterocycles. The lowest BCUT2D eigenvalue weighted by molar-refractivity contribution is 0.0512. The van der Waals surface area contributed by atoms with E-state index in [1.54, 1.807) is 12.1 Å². The number of likely N-dealkylation sites (N-methyl/N-ethyl adjacent to an activating group) is 1. The zero-order valence-corrected chi connectivity index (χ0v) is 10.8. The van der Waals surface area contributed by atoms with Gasteiger partial charge in [0.1, 0.15) is 5.82 Å². The van der Waals surface area contributed by atoms with E-state index in [0.29, 0.717) is 36.0 Å². The molecule has 1 N–H and O–H groups in total. The van der Waals surface area contributed by atoms with Crippen LogP contribution in [-0.4, -0.2) is 35.2 Å². The second-order valence-electron chi connectivity index (χ2n) is 5.11. The third-order valence-corrected chi connectivity index (χ3v) is 3.74. The van der Waals surface area contributed by atoms with Crippen molar-refractivity contribution >= 4 is 11.6 Å². The van der Waals surface area contributed by atoms with E-state index in [9.17, 15) is 9.50 Å². The average Bonchev–Trinajstić information content (AvgIpc) is 2.46. The van der Waals surface area contributed by atoms with Gasteiger partial charge >= 0.3 is 0 Å². The third kappa shape index (κ3) is 2.79. The predicted molar refractivity (Wildman–Crippen MR) is 66.8 cm³/mol. The van der Waals surface area contributed by atoms with Crippen LogP contribution in [0.2, 0.25) is 5.02 Å². The van der Waals surface area contributed by atoms with E-state index in [0.717, 1.165) is 0 Å². The first-order valence-electron chi connectivity index (χ1n) is 5.76. The van der Waals surface area contributed by atoms with E-state index in [1.165, 1.54) is 6.07 Å². The Morgan fingerprint density at radius 2 is 2.29 bits per heavy atom. The molecular weight excluding hydrogens is 241 g/mol. The molecule has 17 heavy (non-hydrogen) atoms. The highest BCUT2D eigenvalue weighted by atomic mass is 35.5. The minimum Gasteiger partial charge on any atom is -0.388 e. The number of hydrogen-bond donors (Lipinski definition) is 1. The number of rotatable bonds is 2. The molecule has 1 aliphatic heterocycles. The van der Waals surface area contributed by atoms with Crippen molar-refractivity contribution < 1.29 is 9.50 Å². The third-order valence-electron chi connectivity index (χ3n) is 3.51. The van der Waals surface area contributed by atoms with Gasteiger partial charge in [0, 0.05) is 24.0 Å². The summed E-state index contributed by atoms with van der Waals surface area (Å²) in [4.78, 5) is 2.09. The molecule has 0 radical (unpaired) electrons. The monoisotopic (exact) mass is 257 g/mol. The van der Waals surface area contributed by atoms with E-state index in [-0.39, 0.29) is 5.82 Å². The first kappa shape index (κ1) is 12.8. The first-order valence-corrected chi connectivity index (χ1v) is 6.14. The molecule has 0 aliphatic carbocycles. The Labute approximate surface area is 106 Å². The zero-order valence-electron chi connectivity index (χ0n) is 10.1. The van der Waals surface area contributed by atoms with Crippen LogP contribution in [0.5, 0.6) is 0 Å². The number of benzene rings is 1. The summed E-state index contributed by atoms with van der Waals surface area (Å²) >= 11 is 5.70. The number of hydrogen-bond acceptors (Lipinski definition) is 2. The maximum atomic E-state index is 13.7. The molecule has 0 amide bonds. The fourth-order valence-electron chi connectivity index (χ4n) is 2.54. The highest BCUT2D eigenvalue weighted by molar-refractivity contribution is 6.30. The smallest absolute Gasteiger partial charge is 0.127 e. The van der Waals surface area contributed by atoms with Crippen molar-refractivity contribution in [2.24, 2.45) is 0 Å². The van der Waals surface area contributed by atoms with Gasteiger partial charge in [-0.25, -0.2) is 4.39 Å². The van der Waals surface area contributed by atoms with E-state index in [4.69, 9.17) is 11.6 Å². The molecule has 2 nitrogen and oxygen atoms in total. The lowest BCUT2D eigenvalue weighted by atomic mass is 9.92. The van der Waals surface area contributed by atoms with Crippen LogP contribution in [0.1, 0.15) is 18.9 Å². The first-order chi connectivity index (χ1) is 7.89. The summed E-state index contributed by atoms with van der Waals surface area (Å²) in [5.74, 6) is -0.340. The quantitative estimate of drug-likeness (QED) is 0.880. The Morgan fingerprint density at radius 3 is 2.82 bits per heavy atom. The molecule has 94 valence electrons. The van der Waals surface area contributed by atoms with Crippen molar-refractivity contribution in [3.8, 4) is 0 Å². The largest absolute Gasteiger partial charge is 0.388 e. The molecule has 2 rings (SSSR count). The molecule has 0 spiro atoms. The molecular formula is C13H17ClFNO. The molecule has 1 heterocycles. The van der Waals surface area contributed by atoms with Crippen LogP contribution < -0.4 is 0 Å². The standard InChI is InChI=1S/C13H17ClFNO/c1-9-6-13(17,8-16(9)2)7-10-3-4-11(14)5-12(10)15/h3-5,9,17H,6-8H2,1-2H3. The highest BCUT2D eigenvalue weighted by Crippen LogP contribution is 2.30. The number of halogens is 2. The lowest BCUT2D eigenvalue weighted by Crippen LogP contribution is -2.34. The van der Waals surface area contributed by atoms with Crippen molar-refractivity contribution in [3.63, 3.8) is 0 Å².